The molecule has 0 aromatic heterocycles. The molecule has 7 heteroatoms. The van der Waals surface area contributed by atoms with Gasteiger partial charge in [0, 0.05) is 57.2 Å². The van der Waals surface area contributed by atoms with E-state index in [9.17, 15) is 14.4 Å². The summed E-state index contributed by atoms with van der Waals surface area (Å²) in [5.41, 5.74) is 1.28. The van der Waals surface area contributed by atoms with E-state index in [1.165, 1.54) is 10.5 Å². The molecule has 1 aromatic carbocycles. The summed E-state index contributed by atoms with van der Waals surface area (Å²) in [6, 6.07) is 7.69. The van der Waals surface area contributed by atoms with Crippen molar-refractivity contribution in [1.82, 2.24) is 10.2 Å². The lowest BCUT2D eigenvalue weighted by Gasteiger charge is -2.30. The van der Waals surface area contributed by atoms with Crippen LogP contribution in [0.4, 0.5) is 10.5 Å². The van der Waals surface area contributed by atoms with Crippen LogP contribution in [-0.4, -0.2) is 54.6 Å². The molecular formula is C21H27N3O4. The molecule has 3 heterocycles. The van der Waals surface area contributed by atoms with Crippen molar-refractivity contribution in [2.45, 2.75) is 44.6 Å². The lowest BCUT2D eigenvalue weighted by molar-refractivity contribution is -0.135. The van der Waals surface area contributed by atoms with Crippen molar-refractivity contribution in [2.75, 3.05) is 31.2 Å². The topological polar surface area (TPSA) is 79.0 Å². The molecule has 0 aliphatic carbocycles. The first-order valence-electron chi connectivity index (χ1n) is 10.0. The maximum absolute atomic E-state index is 12.9. The Morgan fingerprint density at radius 1 is 1.14 bits per heavy atom. The van der Waals surface area contributed by atoms with Crippen LogP contribution in [0.3, 0.4) is 0 Å². The molecule has 3 saturated heterocycles. The van der Waals surface area contributed by atoms with E-state index in [0.717, 1.165) is 5.69 Å². The zero-order valence-electron chi connectivity index (χ0n) is 16.4. The van der Waals surface area contributed by atoms with Gasteiger partial charge in [-0.15, -0.1) is 0 Å². The highest BCUT2D eigenvalue weighted by molar-refractivity contribution is 6.07. The van der Waals surface area contributed by atoms with Gasteiger partial charge in [-0.2, -0.15) is 0 Å². The van der Waals surface area contributed by atoms with E-state index < -0.39 is 5.54 Å². The van der Waals surface area contributed by atoms with Crippen molar-refractivity contribution in [3.8, 4) is 0 Å². The molecule has 0 radical (unpaired) electrons. The van der Waals surface area contributed by atoms with Gasteiger partial charge >= 0.3 is 6.03 Å². The number of amides is 4. The van der Waals surface area contributed by atoms with E-state index >= 15 is 0 Å². The highest BCUT2D eigenvalue weighted by Gasteiger charge is 2.52. The van der Waals surface area contributed by atoms with Crippen molar-refractivity contribution in [1.29, 1.82) is 0 Å². The van der Waals surface area contributed by atoms with Crippen molar-refractivity contribution >= 4 is 23.5 Å². The van der Waals surface area contributed by atoms with Crippen LogP contribution >= 0.6 is 0 Å². The molecule has 3 aliphatic heterocycles. The average Bonchev–Trinajstić information content (AvgIpc) is 3.15. The average molecular weight is 385 g/mol. The molecule has 1 unspecified atom stereocenters. The standard InChI is InChI=1S/C21H27N3O4/c1-14(2)16-3-5-17(6-4-16)23-12-15(11-18(23)25)13-24-19(26)21(22-20(24)27)7-9-28-10-8-21/h3-6,14-15H,7-13H2,1-2H3,(H,22,27). The number of ether oxygens (including phenoxy) is 1. The van der Waals surface area contributed by atoms with Crippen LogP contribution in [0.5, 0.6) is 0 Å². The number of carbonyl (C=O) groups is 3. The lowest BCUT2D eigenvalue weighted by atomic mass is 9.90. The number of imide groups is 1. The van der Waals surface area contributed by atoms with E-state index in [4.69, 9.17) is 4.74 Å². The number of nitrogens with one attached hydrogen (secondary N) is 1. The molecule has 1 N–H and O–H groups in total. The SMILES string of the molecule is CC(C)c1ccc(N2CC(CN3C(=O)NC4(CCOCC4)C3=O)CC2=O)cc1. The number of nitrogens with zero attached hydrogens (tertiary/aromatic N) is 2. The number of carbonyl (C=O) groups excluding carboxylic acids is 3. The molecule has 1 atom stereocenters. The molecule has 4 rings (SSSR count). The second-order valence-electron chi connectivity index (χ2n) is 8.36. The summed E-state index contributed by atoms with van der Waals surface area (Å²) >= 11 is 0. The van der Waals surface area contributed by atoms with Gasteiger partial charge in [-0.25, -0.2) is 4.79 Å². The van der Waals surface area contributed by atoms with Gasteiger partial charge in [0.2, 0.25) is 5.91 Å². The summed E-state index contributed by atoms with van der Waals surface area (Å²) in [5.74, 6) is 0.248. The first-order chi connectivity index (χ1) is 13.4. The number of benzene rings is 1. The number of hydrogen-bond acceptors (Lipinski definition) is 4. The molecule has 0 bridgehead atoms. The van der Waals surface area contributed by atoms with Gasteiger partial charge in [0.25, 0.3) is 5.91 Å². The molecule has 28 heavy (non-hydrogen) atoms. The van der Waals surface area contributed by atoms with Crippen LogP contribution in [0.15, 0.2) is 24.3 Å². The smallest absolute Gasteiger partial charge is 0.325 e. The second kappa shape index (κ2) is 7.20. The fourth-order valence-corrected chi connectivity index (χ4v) is 4.35. The van der Waals surface area contributed by atoms with Crippen LogP contribution in [0, 0.1) is 5.92 Å². The summed E-state index contributed by atoms with van der Waals surface area (Å²) < 4.78 is 5.34. The molecule has 0 saturated carbocycles. The Bertz CT molecular complexity index is 783. The maximum atomic E-state index is 12.9. The van der Waals surface area contributed by atoms with Crippen LogP contribution < -0.4 is 10.2 Å². The van der Waals surface area contributed by atoms with Crippen molar-refractivity contribution in [3.63, 3.8) is 0 Å². The lowest BCUT2D eigenvalue weighted by Crippen LogP contribution is -2.51. The Kier molecular flexibility index (Phi) is 4.87. The first kappa shape index (κ1) is 18.9. The Balaban J connectivity index is 1.43. The minimum Gasteiger partial charge on any atom is -0.381 e. The zero-order valence-corrected chi connectivity index (χ0v) is 16.4. The summed E-state index contributed by atoms with van der Waals surface area (Å²) in [4.78, 5) is 40.9. The highest BCUT2D eigenvalue weighted by atomic mass is 16.5. The summed E-state index contributed by atoms with van der Waals surface area (Å²) in [6.45, 7) is 6.02. The normalized spacial score (nSPS) is 24.5. The van der Waals surface area contributed by atoms with Gasteiger partial charge in [-0.3, -0.25) is 14.5 Å². The van der Waals surface area contributed by atoms with E-state index in [0.29, 0.717) is 44.9 Å². The number of rotatable bonds is 4. The molecule has 4 amide bonds. The van der Waals surface area contributed by atoms with Gasteiger partial charge in [-0.1, -0.05) is 26.0 Å². The third-order valence-corrected chi connectivity index (χ3v) is 6.11. The van der Waals surface area contributed by atoms with Gasteiger partial charge < -0.3 is 15.0 Å². The van der Waals surface area contributed by atoms with Gasteiger partial charge in [0.05, 0.1) is 0 Å². The third kappa shape index (κ3) is 3.28. The first-order valence-corrected chi connectivity index (χ1v) is 10.0. The third-order valence-electron chi connectivity index (χ3n) is 6.11. The number of anilines is 1. The van der Waals surface area contributed by atoms with Gasteiger partial charge in [0.1, 0.15) is 5.54 Å². The quantitative estimate of drug-likeness (QED) is 0.807. The van der Waals surface area contributed by atoms with Crippen LogP contribution in [0.1, 0.15) is 44.6 Å². The minimum absolute atomic E-state index is 0.0372. The Hall–Kier alpha value is -2.41. The van der Waals surface area contributed by atoms with E-state index in [2.05, 4.69) is 19.2 Å². The van der Waals surface area contributed by atoms with E-state index in [-0.39, 0.29) is 30.3 Å². The summed E-state index contributed by atoms with van der Waals surface area (Å²) in [7, 11) is 0. The molecule has 7 nitrogen and oxygen atoms in total. The Labute approximate surface area is 165 Å². The number of hydrogen-bond donors (Lipinski definition) is 1. The molecule has 3 aliphatic rings. The fraction of sp³-hybridized carbons (Fsp3) is 0.571. The molecule has 1 aromatic rings. The van der Waals surface area contributed by atoms with E-state index in [1.807, 2.05) is 24.3 Å². The summed E-state index contributed by atoms with van der Waals surface area (Å²) in [6.07, 6.45) is 1.36. The second-order valence-corrected chi connectivity index (χ2v) is 8.36. The molecule has 1 spiro atoms. The van der Waals surface area contributed by atoms with Crippen LogP contribution in [0.25, 0.3) is 0 Å². The summed E-state index contributed by atoms with van der Waals surface area (Å²) in [5, 5.41) is 2.87. The number of urea groups is 1. The van der Waals surface area contributed by atoms with Crippen molar-refractivity contribution in [2.24, 2.45) is 5.92 Å². The molecule has 3 fully saturated rings. The fourth-order valence-electron chi connectivity index (χ4n) is 4.35. The van der Waals surface area contributed by atoms with E-state index in [1.54, 1.807) is 4.90 Å². The Morgan fingerprint density at radius 3 is 2.46 bits per heavy atom. The minimum atomic E-state index is -0.815. The highest BCUT2D eigenvalue weighted by Crippen LogP contribution is 2.31. The monoisotopic (exact) mass is 385 g/mol. The van der Waals surface area contributed by atoms with Crippen molar-refractivity contribution < 1.29 is 19.1 Å². The van der Waals surface area contributed by atoms with Crippen molar-refractivity contribution in [3.05, 3.63) is 29.8 Å². The predicted molar refractivity (Wildman–Crippen MR) is 104 cm³/mol. The van der Waals surface area contributed by atoms with Crippen LogP contribution in [-0.2, 0) is 14.3 Å². The van der Waals surface area contributed by atoms with Gasteiger partial charge in [0.15, 0.2) is 0 Å². The maximum Gasteiger partial charge on any atom is 0.325 e. The molecular weight excluding hydrogens is 358 g/mol. The largest absolute Gasteiger partial charge is 0.381 e. The molecule has 150 valence electrons. The Morgan fingerprint density at radius 2 is 1.82 bits per heavy atom. The zero-order chi connectivity index (χ0) is 19.9. The van der Waals surface area contributed by atoms with Crippen LogP contribution in [0.2, 0.25) is 0 Å². The predicted octanol–water partition coefficient (Wildman–Crippen LogP) is 2.26. The van der Waals surface area contributed by atoms with Gasteiger partial charge in [-0.05, 0) is 23.6 Å².